The highest BCUT2D eigenvalue weighted by atomic mass is 35.5. The Bertz CT molecular complexity index is 614. The molecule has 3 N–H and O–H groups in total. The van der Waals surface area contributed by atoms with Crippen LogP contribution in [0, 0.1) is 0 Å². The number of urea groups is 1. The first-order valence-electron chi connectivity index (χ1n) is 9.13. The topological polar surface area (TPSA) is 65.6 Å². The molecule has 0 saturated carbocycles. The van der Waals surface area contributed by atoms with Gasteiger partial charge < -0.3 is 20.7 Å². The van der Waals surface area contributed by atoms with E-state index in [2.05, 4.69) is 20.9 Å². The lowest BCUT2D eigenvalue weighted by molar-refractivity contribution is -0.0287. The summed E-state index contributed by atoms with van der Waals surface area (Å²) in [5, 5.41) is 10.4. The van der Waals surface area contributed by atoms with Crippen molar-refractivity contribution in [3.8, 4) is 0 Å². The van der Waals surface area contributed by atoms with E-state index in [0.29, 0.717) is 23.2 Å². The standard InChI is InChI=1S/C18H26Cl2N4O2.ClH/c19-16-2-1-13(9-17(16)20)11-24-7-8-26-15(12-24)10-22-18(25)23-14-3-5-21-6-4-14;/h1-2,9,14-15,21H,3-8,10-12H2,(H2,22,23,25);1H. The van der Waals surface area contributed by atoms with Gasteiger partial charge in [-0.2, -0.15) is 0 Å². The number of amides is 2. The highest BCUT2D eigenvalue weighted by molar-refractivity contribution is 6.42. The number of carbonyl (C=O) groups is 1. The van der Waals surface area contributed by atoms with Crippen molar-refractivity contribution >= 4 is 41.6 Å². The third-order valence-electron chi connectivity index (χ3n) is 4.78. The van der Waals surface area contributed by atoms with Crippen molar-refractivity contribution in [1.29, 1.82) is 0 Å². The van der Waals surface area contributed by atoms with Gasteiger partial charge in [0.1, 0.15) is 0 Å². The lowest BCUT2D eigenvalue weighted by Crippen LogP contribution is -2.51. The zero-order chi connectivity index (χ0) is 18.4. The number of hydrogen-bond acceptors (Lipinski definition) is 4. The Kier molecular flexibility index (Phi) is 9.42. The summed E-state index contributed by atoms with van der Waals surface area (Å²) < 4.78 is 5.79. The maximum absolute atomic E-state index is 12.1. The molecule has 0 radical (unpaired) electrons. The van der Waals surface area contributed by atoms with Gasteiger partial charge in [-0.1, -0.05) is 29.3 Å². The van der Waals surface area contributed by atoms with Gasteiger partial charge >= 0.3 is 6.03 Å². The van der Waals surface area contributed by atoms with Gasteiger partial charge in [-0.3, -0.25) is 4.90 Å². The van der Waals surface area contributed by atoms with E-state index in [0.717, 1.165) is 51.1 Å². The molecule has 1 aromatic rings. The fraction of sp³-hybridized carbons (Fsp3) is 0.611. The molecule has 0 aromatic heterocycles. The van der Waals surface area contributed by atoms with Gasteiger partial charge in [-0.05, 0) is 43.6 Å². The van der Waals surface area contributed by atoms with Crippen LogP contribution in [-0.2, 0) is 11.3 Å². The van der Waals surface area contributed by atoms with Gasteiger partial charge in [0.2, 0.25) is 0 Å². The first-order valence-corrected chi connectivity index (χ1v) is 9.88. The molecule has 9 heteroatoms. The Morgan fingerprint density at radius 3 is 2.78 bits per heavy atom. The van der Waals surface area contributed by atoms with Crippen LogP contribution in [0.3, 0.4) is 0 Å². The molecule has 3 rings (SSSR count). The number of benzene rings is 1. The normalized spacial score (nSPS) is 21.3. The Balaban J connectivity index is 0.00000261. The van der Waals surface area contributed by atoms with Crippen molar-refractivity contribution in [1.82, 2.24) is 20.9 Å². The smallest absolute Gasteiger partial charge is 0.315 e. The Labute approximate surface area is 176 Å². The van der Waals surface area contributed by atoms with Crippen LogP contribution in [0.15, 0.2) is 18.2 Å². The highest BCUT2D eigenvalue weighted by Crippen LogP contribution is 2.23. The lowest BCUT2D eigenvalue weighted by atomic mass is 10.1. The molecule has 0 spiro atoms. The van der Waals surface area contributed by atoms with Crippen LogP contribution in [0.2, 0.25) is 10.0 Å². The molecule has 2 aliphatic heterocycles. The van der Waals surface area contributed by atoms with Gasteiger partial charge in [0.25, 0.3) is 0 Å². The summed E-state index contributed by atoms with van der Waals surface area (Å²) in [4.78, 5) is 14.4. The summed E-state index contributed by atoms with van der Waals surface area (Å²) in [5.74, 6) is 0. The second-order valence-electron chi connectivity index (χ2n) is 6.86. The maximum atomic E-state index is 12.1. The molecule has 152 valence electrons. The van der Waals surface area contributed by atoms with E-state index < -0.39 is 0 Å². The average Bonchev–Trinajstić information content (AvgIpc) is 2.64. The SMILES string of the molecule is Cl.O=C(NCC1CN(Cc2ccc(Cl)c(Cl)c2)CCO1)NC1CCNCC1. The summed E-state index contributed by atoms with van der Waals surface area (Å²) in [6.07, 6.45) is 1.94. The van der Waals surface area contributed by atoms with Gasteiger partial charge in [-0.15, -0.1) is 12.4 Å². The first-order chi connectivity index (χ1) is 12.6. The van der Waals surface area contributed by atoms with Crippen molar-refractivity contribution in [2.24, 2.45) is 0 Å². The molecule has 2 amide bonds. The number of rotatable bonds is 5. The van der Waals surface area contributed by atoms with Crippen molar-refractivity contribution in [2.75, 3.05) is 39.3 Å². The van der Waals surface area contributed by atoms with Crippen LogP contribution < -0.4 is 16.0 Å². The summed E-state index contributed by atoms with van der Waals surface area (Å²) in [7, 11) is 0. The molecule has 27 heavy (non-hydrogen) atoms. The summed E-state index contributed by atoms with van der Waals surface area (Å²) >= 11 is 12.1. The van der Waals surface area contributed by atoms with Gasteiger partial charge in [-0.25, -0.2) is 4.79 Å². The number of morpholine rings is 1. The van der Waals surface area contributed by atoms with Crippen LogP contribution in [0.4, 0.5) is 4.79 Å². The minimum Gasteiger partial charge on any atom is -0.374 e. The molecule has 0 bridgehead atoms. The van der Waals surface area contributed by atoms with Crippen LogP contribution in [0.25, 0.3) is 0 Å². The molecule has 2 saturated heterocycles. The number of piperidine rings is 1. The van der Waals surface area contributed by atoms with Crippen molar-refractivity contribution in [3.63, 3.8) is 0 Å². The first kappa shape index (κ1) is 22.5. The van der Waals surface area contributed by atoms with Crippen molar-refractivity contribution < 1.29 is 9.53 Å². The summed E-state index contributed by atoms with van der Waals surface area (Å²) in [6.45, 7) is 5.50. The van der Waals surface area contributed by atoms with Crippen molar-refractivity contribution in [3.05, 3.63) is 33.8 Å². The van der Waals surface area contributed by atoms with Crippen molar-refractivity contribution in [2.45, 2.75) is 31.5 Å². The third kappa shape index (κ3) is 7.29. The molecular weight excluding hydrogens is 411 g/mol. The quantitative estimate of drug-likeness (QED) is 0.662. The van der Waals surface area contributed by atoms with E-state index >= 15 is 0 Å². The monoisotopic (exact) mass is 436 g/mol. The van der Waals surface area contributed by atoms with Gasteiger partial charge in [0, 0.05) is 32.2 Å². The Hall–Kier alpha value is -0.760. The van der Waals surface area contributed by atoms with Crippen LogP contribution in [0.5, 0.6) is 0 Å². The van der Waals surface area contributed by atoms with Crippen LogP contribution in [-0.4, -0.2) is 62.4 Å². The van der Waals surface area contributed by atoms with Crippen LogP contribution >= 0.6 is 35.6 Å². The number of hydrogen-bond donors (Lipinski definition) is 3. The van der Waals surface area contributed by atoms with E-state index in [1.165, 1.54) is 0 Å². The zero-order valence-electron chi connectivity index (χ0n) is 15.2. The number of halogens is 3. The molecule has 6 nitrogen and oxygen atoms in total. The average molecular weight is 438 g/mol. The van der Waals surface area contributed by atoms with Gasteiger partial charge in [0.15, 0.2) is 0 Å². The highest BCUT2D eigenvalue weighted by Gasteiger charge is 2.22. The van der Waals surface area contributed by atoms with E-state index in [-0.39, 0.29) is 30.6 Å². The van der Waals surface area contributed by atoms with E-state index in [1.54, 1.807) is 0 Å². The summed E-state index contributed by atoms with van der Waals surface area (Å²) in [6, 6.07) is 5.86. The number of nitrogens with one attached hydrogen (secondary N) is 3. The minimum atomic E-state index is -0.109. The molecule has 1 atom stereocenters. The molecule has 1 unspecified atom stereocenters. The molecule has 2 heterocycles. The second-order valence-corrected chi connectivity index (χ2v) is 7.67. The molecule has 2 fully saturated rings. The lowest BCUT2D eigenvalue weighted by Gasteiger charge is -2.33. The zero-order valence-corrected chi connectivity index (χ0v) is 17.5. The molecular formula is C18H27Cl3N4O2. The Morgan fingerprint density at radius 1 is 1.26 bits per heavy atom. The van der Waals surface area contributed by atoms with E-state index in [9.17, 15) is 4.79 Å². The Morgan fingerprint density at radius 2 is 2.04 bits per heavy atom. The third-order valence-corrected chi connectivity index (χ3v) is 5.52. The largest absolute Gasteiger partial charge is 0.374 e. The number of nitrogens with zero attached hydrogens (tertiary/aromatic N) is 1. The minimum absolute atomic E-state index is 0. The number of ether oxygens (including phenoxy) is 1. The van der Waals surface area contributed by atoms with Gasteiger partial charge in [0.05, 0.1) is 22.8 Å². The molecule has 1 aromatic carbocycles. The predicted molar refractivity (Wildman–Crippen MR) is 111 cm³/mol. The summed E-state index contributed by atoms with van der Waals surface area (Å²) in [5.41, 5.74) is 1.12. The van der Waals surface area contributed by atoms with E-state index in [4.69, 9.17) is 27.9 Å². The molecule has 2 aliphatic rings. The van der Waals surface area contributed by atoms with Crippen LogP contribution in [0.1, 0.15) is 18.4 Å². The fourth-order valence-corrected chi connectivity index (χ4v) is 3.67. The number of carbonyl (C=O) groups excluding carboxylic acids is 1. The predicted octanol–water partition coefficient (Wildman–Crippen LogP) is 2.67. The second kappa shape index (κ2) is 11.3. The fourth-order valence-electron chi connectivity index (χ4n) is 3.35. The maximum Gasteiger partial charge on any atom is 0.315 e. The van der Waals surface area contributed by atoms with E-state index in [1.807, 2.05) is 18.2 Å². The molecule has 0 aliphatic carbocycles.